The van der Waals surface area contributed by atoms with E-state index in [2.05, 4.69) is 0 Å². The van der Waals surface area contributed by atoms with Gasteiger partial charge in [-0.15, -0.1) is 0 Å². The first-order valence-corrected chi connectivity index (χ1v) is 10.8. The highest BCUT2D eigenvalue weighted by Crippen LogP contribution is 2.28. The molecule has 25 heavy (non-hydrogen) atoms. The lowest BCUT2D eigenvalue weighted by Gasteiger charge is -2.41. The molecule has 1 heterocycles. The van der Waals surface area contributed by atoms with Gasteiger partial charge in [0.05, 0.1) is 12.1 Å². The monoisotopic (exact) mass is 375 g/mol. The van der Waals surface area contributed by atoms with Crippen molar-refractivity contribution in [1.82, 2.24) is 13.5 Å². The molecule has 0 aromatic carbocycles. The topological polar surface area (TPSA) is 81.2 Å². The van der Waals surface area contributed by atoms with E-state index in [0.717, 1.165) is 32.1 Å². The van der Waals surface area contributed by atoms with Crippen LogP contribution in [0.25, 0.3) is 0 Å². The maximum Gasteiger partial charge on any atom is 0.281 e. The quantitative estimate of drug-likeness (QED) is 0.752. The Morgan fingerprint density at radius 3 is 2.24 bits per heavy atom. The van der Waals surface area contributed by atoms with Gasteiger partial charge in [-0.25, -0.2) is 0 Å². The van der Waals surface area contributed by atoms with E-state index in [1.54, 1.807) is 0 Å². The van der Waals surface area contributed by atoms with Crippen LogP contribution in [0.5, 0.6) is 0 Å². The van der Waals surface area contributed by atoms with E-state index < -0.39 is 16.3 Å². The number of aliphatic hydroxyl groups is 1. The van der Waals surface area contributed by atoms with Gasteiger partial charge in [-0.2, -0.15) is 17.0 Å². The van der Waals surface area contributed by atoms with Crippen molar-refractivity contribution >= 4 is 16.1 Å². The average Bonchev–Trinajstić information content (AvgIpc) is 2.60. The number of nitrogens with zero attached hydrogens (tertiary/aromatic N) is 3. The predicted molar refractivity (Wildman–Crippen MR) is 97.2 cm³/mol. The van der Waals surface area contributed by atoms with E-state index in [9.17, 15) is 18.3 Å². The summed E-state index contributed by atoms with van der Waals surface area (Å²) < 4.78 is 27.1. The Kier molecular flexibility index (Phi) is 7.25. The number of hydrogen-bond donors (Lipinski definition) is 1. The number of aliphatic hydroxyl groups excluding tert-OH is 1. The number of amides is 1. The minimum atomic E-state index is -3.41. The Balaban J connectivity index is 2.01. The van der Waals surface area contributed by atoms with Gasteiger partial charge in [0.1, 0.15) is 0 Å². The second-order valence-electron chi connectivity index (χ2n) is 7.41. The maximum absolute atomic E-state index is 13.1. The molecule has 2 aliphatic rings. The number of rotatable bonds is 6. The molecule has 0 spiro atoms. The van der Waals surface area contributed by atoms with Crippen molar-refractivity contribution in [2.45, 2.75) is 64.0 Å². The Labute approximate surface area is 152 Å². The van der Waals surface area contributed by atoms with Crippen LogP contribution >= 0.6 is 0 Å². The Hall–Kier alpha value is -0.700. The molecule has 1 amide bonds. The second-order valence-corrected chi connectivity index (χ2v) is 9.56. The summed E-state index contributed by atoms with van der Waals surface area (Å²) in [5.41, 5.74) is 0. The van der Waals surface area contributed by atoms with Crippen LogP contribution in [0, 0.1) is 5.92 Å². The molecule has 1 saturated carbocycles. The van der Waals surface area contributed by atoms with Crippen LogP contribution in [0.4, 0.5) is 0 Å². The molecule has 0 radical (unpaired) electrons. The van der Waals surface area contributed by atoms with Crippen molar-refractivity contribution < 1.29 is 18.3 Å². The Morgan fingerprint density at radius 1 is 1.12 bits per heavy atom. The fourth-order valence-electron chi connectivity index (χ4n) is 3.93. The lowest BCUT2D eigenvalue weighted by atomic mass is 9.89. The van der Waals surface area contributed by atoms with Gasteiger partial charge in [0.2, 0.25) is 5.91 Å². The van der Waals surface area contributed by atoms with E-state index >= 15 is 0 Å². The summed E-state index contributed by atoms with van der Waals surface area (Å²) in [7, 11) is -0.351. The van der Waals surface area contributed by atoms with E-state index in [1.165, 1.54) is 22.7 Å². The highest BCUT2D eigenvalue weighted by Gasteiger charge is 2.37. The molecule has 1 saturated heterocycles. The highest BCUT2D eigenvalue weighted by molar-refractivity contribution is 7.86. The molecule has 2 atom stereocenters. The van der Waals surface area contributed by atoms with Gasteiger partial charge in [-0.3, -0.25) is 4.79 Å². The lowest BCUT2D eigenvalue weighted by Crippen LogP contribution is -2.53. The largest absolute Gasteiger partial charge is 0.391 e. The third-order valence-electron chi connectivity index (χ3n) is 5.43. The normalized spacial score (nSPS) is 26.8. The molecule has 146 valence electrons. The van der Waals surface area contributed by atoms with Gasteiger partial charge in [0.25, 0.3) is 10.2 Å². The van der Waals surface area contributed by atoms with Crippen molar-refractivity contribution in [2.24, 2.45) is 5.92 Å². The second kappa shape index (κ2) is 8.79. The van der Waals surface area contributed by atoms with Crippen LogP contribution in [-0.4, -0.2) is 78.8 Å². The number of hydrogen-bond acceptors (Lipinski definition) is 4. The van der Waals surface area contributed by atoms with Crippen LogP contribution < -0.4 is 0 Å². The van der Waals surface area contributed by atoms with Crippen LogP contribution in [0.3, 0.4) is 0 Å². The summed E-state index contributed by atoms with van der Waals surface area (Å²) >= 11 is 0. The SMILES string of the molecule is CCCN(C(=O)C1CCN(S(=O)(=O)N(C)C)CC1)[C@@H]1CCCC[C@@H]1O. The molecule has 2 fully saturated rings. The Morgan fingerprint density at radius 2 is 1.72 bits per heavy atom. The zero-order valence-electron chi connectivity index (χ0n) is 15.7. The van der Waals surface area contributed by atoms with E-state index in [0.29, 0.717) is 32.5 Å². The third-order valence-corrected chi connectivity index (χ3v) is 7.37. The van der Waals surface area contributed by atoms with Gasteiger partial charge in [-0.1, -0.05) is 19.8 Å². The van der Waals surface area contributed by atoms with Gasteiger partial charge < -0.3 is 10.0 Å². The molecule has 1 aliphatic carbocycles. The minimum absolute atomic E-state index is 0.0789. The lowest BCUT2D eigenvalue weighted by molar-refractivity contribution is -0.143. The van der Waals surface area contributed by atoms with Gasteiger partial charge >= 0.3 is 0 Å². The van der Waals surface area contributed by atoms with Crippen LogP contribution in [-0.2, 0) is 15.0 Å². The molecule has 0 unspecified atom stereocenters. The van der Waals surface area contributed by atoms with Crippen molar-refractivity contribution in [3.8, 4) is 0 Å². The molecule has 0 bridgehead atoms. The molecular weight excluding hydrogens is 342 g/mol. The first-order valence-electron chi connectivity index (χ1n) is 9.45. The van der Waals surface area contributed by atoms with Gasteiger partial charge in [0, 0.05) is 39.6 Å². The highest BCUT2D eigenvalue weighted by atomic mass is 32.2. The molecule has 1 N–H and O–H groups in total. The summed E-state index contributed by atoms with van der Waals surface area (Å²) in [6.45, 7) is 3.47. The zero-order valence-corrected chi connectivity index (χ0v) is 16.5. The predicted octanol–water partition coefficient (Wildman–Crippen LogP) is 1.05. The molecule has 7 nitrogen and oxygen atoms in total. The standard InChI is InChI=1S/C17H33N3O4S/c1-4-11-20(15-7-5-6-8-16(15)21)17(22)14-9-12-19(13-10-14)25(23,24)18(2)3/h14-16,21H,4-13H2,1-3H3/t15-,16+/m1/s1. The minimum Gasteiger partial charge on any atom is -0.391 e. The number of carbonyl (C=O) groups is 1. The summed E-state index contributed by atoms with van der Waals surface area (Å²) in [4.78, 5) is 14.9. The van der Waals surface area contributed by atoms with Crippen LogP contribution in [0.15, 0.2) is 0 Å². The smallest absolute Gasteiger partial charge is 0.281 e. The first kappa shape index (κ1) is 20.6. The fourth-order valence-corrected chi connectivity index (χ4v) is 5.07. The number of piperidine rings is 1. The van der Waals surface area contributed by atoms with Crippen LogP contribution in [0.1, 0.15) is 51.9 Å². The van der Waals surface area contributed by atoms with Crippen molar-refractivity contribution in [3.05, 3.63) is 0 Å². The van der Waals surface area contributed by atoms with Crippen molar-refractivity contribution in [2.75, 3.05) is 33.7 Å². The summed E-state index contributed by atoms with van der Waals surface area (Å²) in [5, 5.41) is 10.3. The van der Waals surface area contributed by atoms with E-state index in [4.69, 9.17) is 0 Å². The zero-order chi connectivity index (χ0) is 18.6. The van der Waals surface area contributed by atoms with Crippen LogP contribution in [0.2, 0.25) is 0 Å². The van der Waals surface area contributed by atoms with Crippen molar-refractivity contribution in [1.29, 1.82) is 0 Å². The summed E-state index contributed by atoms with van der Waals surface area (Å²) in [6, 6.07) is -0.0789. The van der Waals surface area contributed by atoms with Gasteiger partial charge in [-0.05, 0) is 32.1 Å². The molecule has 2 rings (SSSR count). The first-order chi connectivity index (χ1) is 11.8. The van der Waals surface area contributed by atoms with Crippen molar-refractivity contribution in [3.63, 3.8) is 0 Å². The summed E-state index contributed by atoms with van der Waals surface area (Å²) in [5.74, 6) is -0.0519. The molecule has 0 aromatic rings. The van der Waals surface area contributed by atoms with E-state index in [-0.39, 0.29) is 17.9 Å². The third kappa shape index (κ3) is 4.72. The molecule has 1 aliphatic heterocycles. The average molecular weight is 376 g/mol. The Bertz CT molecular complexity index is 544. The summed E-state index contributed by atoms with van der Waals surface area (Å²) in [6.07, 6.45) is 5.23. The molecule has 8 heteroatoms. The maximum atomic E-state index is 13.1. The number of carbonyl (C=O) groups excluding carboxylic acids is 1. The van der Waals surface area contributed by atoms with E-state index in [1.807, 2.05) is 11.8 Å². The van der Waals surface area contributed by atoms with Gasteiger partial charge in [0.15, 0.2) is 0 Å². The fraction of sp³-hybridized carbons (Fsp3) is 0.941. The molecule has 0 aromatic heterocycles. The molecular formula is C17H33N3O4S.